The van der Waals surface area contributed by atoms with E-state index in [0.29, 0.717) is 12.0 Å². The standard InChI is InChI=1S/C11H11BO2/c12-10-4-3-7-5-9(11(13)14)2-1-8(7)6-10/h3-6H,1-2,12H2,(H,13,14). The van der Waals surface area contributed by atoms with E-state index in [1.165, 1.54) is 11.0 Å². The summed E-state index contributed by atoms with van der Waals surface area (Å²) in [4.78, 5) is 10.8. The van der Waals surface area contributed by atoms with E-state index < -0.39 is 5.97 Å². The van der Waals surface area contributed by atoms with E-state index in [0.717, 1.165) is 12.0 Å². The van der Waals surface area contributed by atoms with Gasteiger partial charge in [-0.1, -0.05) is 23.7 Å². The fraction of sp³-hybridized carbons (Fsp3) is 0.182. The van der Waals surface area contributed by atoms with Crippen molar-refractivity contribution >= 4 is 25.4 Å². The summed E-state index contributed by atoms with van der Waals surface area (Å²) in [5.74, 6) is -0.795. The first-order valence-electron chi connectivity index (χ1n) is 4.70. The van der Waals surface area contributed by atoms with Crippen LogP contribution in [0.5, 0.6) is 0 Å². The van der Waals surface area contributed by atoms with E-state index in [-0.39, 0.29) is 0 Å². The third-order valence-corrected chi connectivity index (χ3v) is 2.57. The number of aryl methyl sites for hydroxylation is 1. The highest BCUT2D eigenvalue weighted by Gasteiger charge is 2.14. The number of carboxylic acid groups (broad SMARTS) is 1. The molecule has 0 unspecified atom stereocenters. The van der Waals surface area contributed by atoms with Gasteiger partial charge < -0.3 is 5.11 Å². The van der Waals surface area contributed by atoms with Crippen LogP contribution in [0.15, 0.2) is 23.8 Å². The zero-order valence-corrected chi connectivity index (χ0v) is 8.08. The molecular formula is C11H11BO2. The van der Waals surface area contributed by atoms with E-state index in [9.17, 15) is 4.79 Å². The third kappa shape index (κ3) is 1.58. The lowest BCUT2D eigenvalue weighted by Gasteiger charge is -2.14. The zero-order chi connectivity index (χ0) is 10.1. The Morgan fingerprint density at radius 1 is 1.36 bits per heavy atom. The van der Waals surface area contributed by atoms with Crippen molar-refractivity contribution in [2.24, 2.45) is 0 Å². The van der Waals surface area contributed by atoms with Crippen LogP contribution in [0.3, 0.4) is 0 Å². The molecule has 1 N–H and O–H groups in total. The van der Waals surface area contributed by atoms with Crippen molar-refractivity contribution in [3.63, 3.8) is 0 Å². The molecule has 3 heteroatoms. The molecule has 2 rings (SSSR count). The molecule has 0 aromatic heterocycles. The van der Waals surface area contributed by atoms with Gasteiger partial charge in [0.05, 0.1) is 0 Å². The molecule has 0 saturated heterocycles. The van der Waals surface area contributed by atoms with E-state index in [1.807, 2.05) is 12.1 Å². The largest absolute Gasteiger partial charge is 0.478 e. The number of fused-ring (bicyclic) bond motifs is 1. The molecule has 2 nitrogen and oxygen atoms in total. The van der Waals surface area contributed by atoms with E-state index in [1.54, 1.807) is 6.08 Å². The molecule has 0 heterocycles. The van der Waals surface area contributed by atoms with Crippen LogP contribution in [0, 0.1) is 0 Å². The van der Waals surface area contributed by atoms with Crippen molar-refractivity contribution in [2.75, 3.05) is 0 Å². The fourth-order valence-corrected chi connectivity index (χ4v) is 1.79. The number of rotatable bonds is 1. The second-order valence-electron chi connectivity index (χ2n) is 3.68. The maximum Gasteiger partial charge on any atom is 0.331 e. The molecule has 0 saturated carbocycles. The zero-order valence-electron chi connectivity index (χ0n) is 8.08. The Bertz CT molecular complexity index is 421. The molecule has 0 spiro atoms. The molecular weight excluding hydrogens is 175 g/mol. The lowest BCUT2D eigenvalue weighted by atomic mass is 9.86. The van der Waals surface area contributed by atoms with Crippen LogP contribution in [-0.2, 0) is 11.2 Å². The summed E-state index contributed by atoms with van der Waals surface area (Å²) in [7, 11) is 2.05. The number of aliphatic carboxylic acids is 1. The van der Waals surface area contributed by atoms with Gasteiger partial charge >= 0.3 is 5.97 Å². The molecule has 0 amide bonds. The highest BCUT2D eigenvalue weighted by molar-refractivity contribution is 6.32. The molecule has 1 aromatic rings. The number of hydrogen-bond acceptors (Lipinski definition) is 1. The SMILES string of the molecule is Bc1ccc2c(c1)CCC(C(=O)O)=C2. The van der Waals surface area contributed by atoms with Gasteiger partial charge in [0.15, 0.2) is 0 Å². The molecule has 0 bridgehead atoms. The van der Waals surface area contributed by atoms with Crippen LogP contribution in [-0.4, -0.2) is 18.9 Å². The topological polar surface area (TPSA) is 37.3 Å². The van der Waals surface area contributed by atoms with Gasteiger partial charge in [0.2, 0.25) is 0 Å². The van der Waals surface area contributed by atoms with Crippen molar-refractivity contribution in [2.45, 2.75) is 12.8 Å². The van der Waals surface area contributed by atoms with Gasteiger partial charge in [0.25, 0.3) is 0 Å². The van der Waals surface area contributed by atoms with E-state index in [2.05, 4.69) is 13.9 Å². The molecule has 70 valence electrons. The Labute approximate surface area is 83.7 Å². The van der Waals surface area contributed by atoms with Crippen molar-refractivity contribution in [3.05, 3.63) is 34.9 Å². The molecule has 14 heavy (non-hydrogen) atoms. The second-order valence-corrected chi connectivity index (χ2v) is 3.68. The normalized spacial score (nSPS) is 14.4. The molecule has 0 radical (unpaired) electrons. The van der Waals surface area contributed by atoms with Crippen LogP contribution >= 0.6 is 0 Å². The van der Waals surface area contributed by atoms with Crippen LogP contribution in [0.1, 0.15) is 17.5 Å². The average Bonchev–Trinajstić information content (AvgIpc) is 2.16. The van der Waals surface area contributed by atoms with Gasteiger partial charge in [-0.2, -0.15) is 0 Å². The second kappa shape index (κ2) is 3.33. The van der Waals surface area contributed by atoms with Gasteiger partial charge in [0, 0.05) is 5.57 Å². The smallest absolute Gasteiger partial charge is 0.331 e. The van der Waals surface area contributed by atoms with Crippen molar-refractivity contribution in [1.82, 2.24) is 0 Å². The summed E-state index contributed by atoms with van der Waals surface area (Å²) in [6.07, 6.45) is 3.27. The maximum atomic E-state index is 10.8. The van der Waals surface area contributed by atoms with Crippen LogP contribution in [0.4, 0.5) is 0 Å². The molecule has 0 atom stereocenters. The molecule has 1 aliphatic carbocycles. The molecule has 1 aliphatic rings. The molecule has 0 aliphatic heterocycles. The Morgan fingerprint density at radius 3 is 2.86 bits per heavy atom. The maximum absolute atomic E-state index is 10.8. The molecule has 1 aromatic carbocycles. The monoisotopic (exact) mass is 186 g/mol. The van der Waals surface area contributed by atoms with Crippen LogP contribution in [0.25, 0.3) is 6.08 Å². The average molecular weight is 186 g/mol. The minimum absolute atomic E-state index is 0.515. The van der Waals surface area contributed by atoms with E-state index >= 15 is 0 Å². The van der Waals surface area contributed by atoms with Crippen LogP contribution in [0.2, 0.25) is 0 Å². The third-order valence-electron chi connectivity index (χ3n) is 2.57. The summed E-state index contributed by atoms with van der Waals surface area (Å²) < 4.78 is 0. The minimum atomic E-state index is -0.795. The van der Waals surface area contributed by atoms with Gasteiger partial charge in [-0.15, -0.1) is 0 Å². The number of hydrogen-bond donors (Lipinski definition) is 1. The number of benzene rings is 1. The summed E-state index contributed by atoms with van der Waals surface area (Å²) >= 11 is 0. The highest BCUT2D eigenvalue weighted by atomic mass is 16.4. The van der Waals surface area contributed by atoms with Gasteiger partial charge in [-0.05, 0) is 30.0 Å². The lowest BCUT2D eigenvalue weighted by Crippen LogP contribution is -2.10. The fourth-order valence-electron chi connectivity index (χ4n) is 1.79. The Hall–Kier alpha value is -1.51. The summed E-state index contributed by atoms with van der Waals surface area (Å²) in [6, 6.07) is 6.14. The van der Waals surface area contributed by atoms with E-state index in [4.69, 9.17) is 5.11 Å². The first-order valence-corrected chi connectivity index (χ1v) is 4.70. The Morgan fingerprint density at radius 2 is 2.14 bits per heavy atom. The first kappa shape index (κ1) is 9.07. The predicted octanol–water partition coefficient (Wildman–Crippen LogP) is 0.359. The number of carboxylic acids is 1. The summed E-state index contributed by atoms with van der Waals surface area (Å²) in [6.45, 7) is 0. The lowest BCUT2D eigenvalue weighted by molar-refractivity contribution is -0.132. The quantitative estimate of drug-likeness (QED) is 0.643. The van der Waals surface area contributed by atoms with Gasteiger partial charge in [-0.25, -0.2) is 4.79 Å². The Kier molecular flexibility index (Phi) is 2.16. The predicted molar refractivity (Wildman–Crippen MR) is 58.6 cm³/mol. The summed E-state index contributed by atoms with van der Waals surface area (Å²) in [5, 5.41) is 8.85. The first-order chi connectivity index (χ1) is 6.66. The Balaban J connectivity index is 2.45. The highest BCUT2D eigenvalue weighted by Crippen LogP contribution is 2.22. The van der Waals surface area contributed by atoms with Gasteiger partial charge in [0.1, 0.15) is 7.85 Å². The van der Waals surface area contributed by atoms with Crippen molar-refractivity contribution < 1.29 is 9.90 Å². The van der Waals surface area contributed by atoms with Crippen LogP contribution < -0.4 is 5.46 Å². The molecule has 0 fully saturated rings. The number of carbonyl (C=O) groups is 1. The van der Waals surface area contributed by atoms with Gasteiger partial charge in [-0.3, -0.25) is 0 Å². The van der Waals surface area contributed by atoms with Crippen molar-refractivity contribution in [3.8, 4) is 0 Å². The summed E-state index contributed by atoms with van der Waals surface area (Å²) in [5.41, 5.74) is 4.06. The minimum Gasteiger partial charge on any atom is -0.478 e. The van der Waals surface area contributed by atoms with Crippen molar-refractivity contribution in [1.29, 1.82) is 0 Å².